The van der Waals surface area contributed by atoms with E-state index in [1.54, 1.807) is 0 Å². The summed E-state index contributed by atoms with van der Waals surface area (Å²) in [7, 11) is 0. The monoisotopic (exact) mass is 323 g/mol. The van der Waals surface area contributed by atoms with Crippen molar-refractivity contribution in [1.82, 2.24) is 14.7 Å². The molecule has 3 rings (SSSR count). The minimum Gasteiger partial charge on any atom is -0.484 e. The van der Waals surface area contributed by atoms with E-state index in [0.29, 0.717) is 13.0 Å². The van der Waals surface area contributed by atoms with Gasteiger partial charge in [0, 0.05) is 25.4 Å². The summed E-state index contributed by atoms with van der Waals surface area (Å²) in [6, 6.07) is 13.7. The van der Waals surface area contributed by atoms with Crippen molar-refractivity contribution in [2.24, 2.45) is 0 Å². The van der Waals surface area contributed by atoms with Gasteiger partial charge in [-0.25, -0.2) is 4.98 Å². The number of ether oxygens (including phenoxy) is 1. The fourth-order valence-corrected chi connectivity index (χ4v) is 2.49. The van der Waals surface area contributed by atoms with Crippen molar-refractivity contribution < 1.29 is 9.53 Å². The number of amides is 1. The SMILES string of the molecule is CCc1cccc(OCC(=O)NCCc2cn3ccccc3n2)c1. The highest BCUT2D eigenvalue weighted by Crippen LogP contribution is 2.13. The summed E-state index contributed by atoms with van der Waals surface area (Å²) >= 11 is 0. The Morgan fingerprint density at radius 1 is 1.25 bits per heavy atom. The predicted octanol–water partition coefficient (Wildman–Crippen LogP) is 2.63. The van der Waals surface area contributed by atoms with Crippen LogP contribution in [0.3, 0.4) is 0 Å². The van der Waals surface area contributed by atoms with Gasteiger partial charge >= 0.3 is 0 Å². The Labute approximate surface area is 141 Å². The van der Waals surface area contributed by atoms with Gasteiger partial charge in [-0.2, -0.15) is 0 Å². The zero-order valence-electron chi connectivity index (χ0n) is 13.7. The van der Waals surface area contributed by atoms with Gasteiger partial charge in [0.15, 0.2) is 6.61 Å². The highest BCUT2D eigenvalue weighted by molar-refractivity contribution is 5.77. The van der Waals surface area contributed by atoms with E-state index >= 15 is 0 Å². The number of aromatic nitrogens is 2. The molecule has 0 radical (unpaired) electrons. The average molecular weight is 323 g/mol. The van der Waals surface area contributed by atoms with Gasteiger partial charge in [-0.3, -0.25) is 4.79 Å². The summed E-state index contributed by atoms with van der Waals surface area (Å²) in [6.45, 7) is 2.66. The third-order valence-corrected chi connectivity index (χ3v) is 3.79. The van der Waals surface area contributed by atoms with Crippen molar-refractivity contribution >= 4 is 11.6 Å². The molecule has 0 bridgehead atoms. The van der Waals surface area contributed by atoms with Crippen molar-refractivity contribution in [3.05, 3.63) is 66.1 Å². The third kappa shape index (κ3) is 4.13. The maximum absolute atomic E-state index is 11.9. The van der Waals surface area contributed by atoms with Crippen molar-refractivity contribution in [3.63, 3.8) is 0 Å². The van der Waals surface area contributed by atoms with Gasteiger partial charge in [0.05, 0.1) is 5.69 Å². The van der Waals surface area contributed by atoms with Gasteiger partial charge in [-0.05, 0) is 36.2 Å². The number of imidazole rings is 1. The topological polar surface area (TPSA) is 55.6 Å². The summed E-state index contributed by atoms with van der Waals surface area (Å²) < 4.78 is 7.50. The van der Waals surface area contributed by atoms with Crippen LogP contribution in [-0.4, -0.2) is 28.4 Å². The van der Waals surface area contributed by atoms with Crippen LogP contribution in [0.1, 0.15) is 18.2 Å². The maximum atomic E-state index is 11.9. The number of nitrogens with one attached hydrogen (secondary N) is 1. The minimum absolute atomic E-state index is 0.0261. The van der Waals surface area contributed by atoms with Gasteiger partial charge in [-0.15, -0.1) is 0 Å². The summed E-state index contributed by atoms with van der Waals surface area (Å²) in [6.07, 6.45) is 5.58. The second kappa shape index (κ2) is 7.64. The number of benzene rings is 1. The lowest BCUT2D eigenvalue weighted by molar-refractivity contribution is -0.123. The molecule has 24 heavy (non-hydrogen) atoms. The second-order valence-electron chi connectivity index (χ2n) is 5.59. The smallest absolute Gasteiger partial charge is 0.257 e. The second-order valence-corrected chi connectivity index (χ2v) is 5.59. The number of fused-ring (bicyclic) bond motifs is 1. The largest absolute Gasteiger partial charge is 0.484 e. The Balaban J connectivity index is 1.43. The van der Waals surface area contributed by atoms with Crippen LogP contribution in [0.25, 0.3) is 5.65 Å². The molecule has 0 aliphatic rings. The first-order valence-electron chi connectivity index (χ1n) is 8.15. The molecule has 1 aromatic carbocycles. The van der Waals surface area contributed by atoms with E-state index in [4.69, 9.17) is 4.74 Å². The van der Waals surface area contributed by atoms with Crippen molar-refractivity contribution in [2.75, 3.05) is 13.2 Å². The molecule has 0 fully saturated rings. The number of pyridine rings is 1. The van der Waals surface area contributed by atoms with E-state index in [0.717, 1.165) is 23.5 Å². The lowest BCUT2D eigenvalue weighted by Gasteiger charge is -2.08. The molecular weight excluding hydrogens is 302 g/mol. The Kier molecular flexibility index (Phi) is 5.11. The number of rotatable bonds is 7. The third-order valence-electron chi connectivity index (χ3n) is 3.79. The van der Waals surface area contributed by atoms with E-state index < -0.39 is 0 Å². The number of carbonyl (C=O) groups is 1. The van der Waals surface area contributed by atoms with E-state index in [1.807, 2.05) is 59.3 Å². The number of hydrogen-bond donors (Lipinski definition) is 1. The first-order valence-corrected chi connectivity index (χ1v) is 8.15. The molecule has 0 unspecified atom stereocenters. The molecule has 2 heterocycles. The molecule has 5 heteroatoms. The predicted molar refractivity (Wildman–Crippen MR) is 93.2 cm³/mol. The van der Waals surface area contributed by atoms with Crippen molar-refractivity contribution in [2.45, 2.75) is 19.8 Å². The molecule has 124 valence electrons. The highest BCUT2D eigenvalue weighted by atomic mass is 16.5. The van der Waals surface area contributed by atoms with Crippen LogP contribution in [0.5, 0.6) is 5.75 Å². The molecular formula is C19H21N3O2. The average Bonchev–Trinajstić information content (AvgIpc) is 3.03. The van der Waals surface area contributed by atoms with E-state index in [-0.39, 0.29) is 12.5 Å². The van der Waals surface area contributed by atoms with Crippen LogP contribution in [0.2, 0.25) is 0 Å². The van der Waals surface area contributed by atoms with Gasteiger partial charge in [0.2, 0.25) is 0 Å². The molecule has 5 nitrogen and oxygen atoms in total. The van der Waals surface area contributed by atoms with Gasteiger partial charge in [0.1, 0.15) is 11.4 Å². The molecule has 0 saturated carbocycles. The Bertz CT molecular complexity index is 793. The lowest BCUT2D eigenvalue weighted by atomic mass is 10.2. The van der Waals surface area contributed by atoms with E-state index in [2.05, 4.69) is 17.2 Å². The fraction of sp³-hybridized carbons (Fsp3) is 0.263. The summed E-state index contributed by atoms with van der Waals surface area (Å²) in [5.74, 6) is 0.602. The quantitative estimate of drug-likeness (QED) is 0.727. The molecule has 1 amide bonds. The zero-order valence-corrected chi connectivity index (χ0v) is 13.7. The van der Waals surface area contributed by atoms with Crippen molar-refractivity contribution in [3.8, 4) is 5.75 Å². The Morgan fingerprint density at radius 2 is 2.17 bits per heavy atom. The van der Waals surface area contributed by atoms with E-state index in [1.165, 1.54) is 5.56 Å². The van der Waals surface area contributed by atoms with Gasteiger partial charge < -0.3 is 14.5 Å². The molecule has 2 aromatic heterocycles. The van der Waals surface area contributed by atoms with Crippen LogP contribution >= 0.6 is 0 Å². The van der Waals surface area contributed by atoms with Crippen LogP contribution in [0, 0.1) is 0 Å². The lowest BCUT2D eigenvalue weighted by Crippen LogP contribution is -2.30. The van der Waals surface area contributed by atoms with Gasteiger partial charge in [-0.1, -0.05) is 25.1 Å². The minimum atomic E-state index is -0.124. The molecule has 1 N–H and O–H groups in total. The molecule has 0 aliphatic carbocycles. The van der Waals surface area contributed by atoms with Crippen LogP contribution in [0.4, 0.5) is 0 Å². The standard InChI is InChI=1S/C19H21N3O2/c1-2-15-6-5-7-17(12-15)24-14-19(23)20-10-9-16-13-22-11-4-3-8-18(22)21-16/h3-8,11-13H,2,9-10,14H2,1H3,(H,20,23). The summed E-state index contributed by atoms with van der Waals surface area (Å²) in [4.78, 5) is 16.4. The number of hydrogen-bond acceptors (Lipinski definition) is 3. The molecule has 3 aromatic rings. The van der Waals surface area contributed by atoms with Gasteiger partial charge in [0.25, 0.3) is 5.91 Å². The molecule has 0 atom stereocenters. The summed E-state index contributed by atoms with van der Waals surface area (Å²) in [5, 5.41) is 2.86. The van der Waals surface area contributed by atoms with Crippen molar-refractivity contribution in [1.29, 1.82) is 0 Å². The highest BCUT2D eigenvalue weighted by Gasteiger charge is 2.05. The van der Waals surface area contributed by atoms with E-state index in [9.17, 15) is 4.79 Å². The fourth-order valence-electron chi connectivity index (χ4n) is 2.49. The molecule has 0 spiro atoms. The zero-order chi connectivity index (χ0) is 16.8. The Morgan fingerprint density at radius 3 is 3.00 bits per heavy atom. The normalized spacial score (nSPS) is 10.7. The number of nitrogens with zero attached hydrogens (tertiary/aromatic N) is 2. The molecule has 0 aliphatic heterocycles. The van der Waals surface area contributed by atoms with Crippen LogP contribution < -0.4 is 10.1 Å². The first-order chi connectivity index (χ1) is 11.7. The number of carbonyl (C=O) groups excluding carboxylic acids is 1. The summed E-state index contributed by atoms with van der Waals surface area (Å²) in [5.41, 5.74) is 3.07. The maximum Gasteiger partial charge on any atom is 0.257 e. The number of aryl methyl sites for hydroxylation is 1. The van der Waals surface area contributed by atoms with Crippen LogP contribution in [-0.2, 0) is 17.6 Å². The Hall–Kier alpha value is -2.82. The first kappa shape index (κ1) is 16.1. The molecule has 0 saturated heterocycles. The van der Waals surface area contributed by atoms with Crippen LogP contribution in [0.15, 0.2) is 54.9 Å².